The molecule has 120 valence electrons. The molecule has 1 amide bonds. The van der Waals surface area contributed by atoms with Gasteiger partial charge in [0.25, 0.3) is 5.91 Å². The van der Waals surface area contributed by atoms with Crippen LogP contribution in [0.15, 0.2) is 24.3 Å². The van der Waals surface area contributed by atoms with Crippen molar-refractivity contribution in [1.29, 1.82) is 0 Å². The highest BCUT2D eigenvalue weighted by molar-refractivity contribution is 7.80. The summed E-state index contributed by atoms with van der Waals surface area (Å²) < 4.78 is 0. The third kappa shape index (κ3) is 4.58. The second-order valence-corrected chi connectivity index (χ2v) is 6.78. The lowest BCUT2D eigenvalue weighted by Gasteiger charge is -2.35. The Bertz CT molecular complexity index is 535. The summed E-state index contributed by atoms with van der Waals surface area (Å²) in [7, 11) is 0. The SMILES string of the molecule is C[C@@H]1[C@H](C)CCC[C@@H]1NC(=S)NNC(=O)c1ccc(Cl)cc1. The molecule has 0 aliphatic heterocycles. The number of carbonyl (C=O) groups is 1. The number of rotatable bonds is 2. The Morgan fingerprint density at radius 3 is 2.55 bits per heavy atom. The zero-order valence-corrected chi connectivity index (χ0v) is 14.4. The summed E-state index contributed by atoms with van der Waals surface area (Å²) in [6, 6.07) is 7.05. The standard InChI is InChI=1S/C16H22ClN3OS/c1-10-4-3-5-14(11(10)2)18-16(22)20-19-15(21)12-6-8-13(17)9-7-12/h6-11,14H,3-5H2,1-2H3,(H,19,21)(H2,18,20,22)/t10-,11-,14+/m1/s1. The summed E-state index contributed by atoms with van der Waals surface area (Å²) in [6.07, 6.45) is 3.59. The fraction of sp³-hybridized carbons (Fsp3) is 0.500. The van der Waals surface area contributed by atoms with Gasteiger partial charge in [-0.2, -0.15) is 0 Å². The lowest BCUT2D eigenvalue weighted by Crippen LogP contribution is -2.52. The van der Waals surface area contributed by atoms with E-state index in [1.807, 2.05) is 0 Å². The number of hydrogen-bond donors (Lipinski definition) is 3. The van der Waals surface area contributed by atoms with Crippen LogP contribution in [0.5, 0.6) is 0 Å². The van der Waals surface area contributed by atoms with Crippen LogP contribution in [-0.4, -0.2) is 17.1 Å². The van der Waals surface area contributed by atoms with Crippen LogP contribution in [-0.2, 0) is 0 Å². The normalized spacial score (nSPS) is 24.4. The van der Waals surface area contributed by atoms with Crippen molar-refractivity contribution in [1.82, 2.24) is 16.2 Å². The van der Waals surface area contributed by atoms with Gasteiger partial charge in [0.05, 0.1) is 0 Å². The van der Waals surface area contributed by atoms with Gasteiger partial charge in [-0.05, 0) is 54.7 Å². The highest BCUT2D eigenvalue weighted by atomic mass is 35.5. The molecule has 0 radical (unpaired) electrons. The van der Waals surface area contributed by atoms with E-state index in [0.29, 0.717) is 33.6 Å². The van der Waals surface area contributed by atoms with Gasteiger partial charge in [-0.3, -0.25) is 15.6 Å². The highest BCUT2D eigenvalue weighted by Gasteiger charge is 2.27. The van der Waals surface area contributed by atoms with Crippen molar-refractivity contribution in [3.63, 3.8) is 0 Å². The van der Waals surface area contributed by atoms with Crippen molar-refractivity contribution in [2.24, 2.45) is 11.8 Å². The van der Waals surface area contributed by atoms with Gasteiger partial charge < -0.3 is 5.32 Å². The number of amides is 1. The molecule has 0 bridgehead atoms. The molecule has 1 aromatic carbocycles. The maximum atomic E-state index is 12.0. The summed E-state index contributed by atoms with van der Waals surface area (Å²) in [5, 5.41) is 4.35. The van der Waals surface area contributed by atoms with Crippen LogP contribution in [0.2, 0.25) is 5.02 Å². The zero-order chi connectivity index (χ0) is 16.1. The summed E-state index contributed by atoms with van der Waals surface area (Å²) in [6.45, 7) is 4.52. The van der Waals surface area contributed by atoms with Crippen molar-refractivity contribution in [3.05, 3.63) is 34.9 Å². The summed E-state index contributed by atoms with van der Waals surface area (Å²) in [5.74, 6) is 1.02. The lowest BCUT2D eigenvalue weighted by atomic mass is 9.78. The Hall–Kier alpha value is -1.33. The second kappa shape index (κ2) is 7.79. The van der Waals surface area contributed by atoms with Gasteiger partial charge in [0, 0.05) is 16.6 Å². The topological polar surface area (TPSA) is 53.2 Å². The summed E-state index contributed by atoms with van der Waals surface area (Å²) in [5.41, 5.74) is 5.89. The lowest BCUT2D eigenvalue weighted by molar-refractivity contribution is 0.0943. The first-order chi connectivity index (χ1) is 10.5. The van der Waals surface area contributed by atoms with Gasteiger partial charge in [0.1, 0.15) is 0 Å². The number of nitrogens with one attached hydrogen (secondary N) is 3. The van der Waals surface area contributed by atoms with Crippen molar-refractivity contribution < 1.29 is 4.79 Å². The van der Waals surface area contributed by atoms with E-state index in [1.165, 1.54) is 12.8 Å². The van der Waals surface area contributed by atoms with E-state index in [4.69, 9.17) is 23.8 Å². The molecule has 1 aliphatic carbocycles. The molecule has 6 heteroatoms. The van der Waals surface area contributed by atoms with Crippen LogP contribution in [0.25, 0.3) is 0 Å². The van der Waals surface area contributed by atoms with Crippen LogP contribution < -0.4 is 16.2 Å². The van der Waals surface area contributed by atoms with E-state index < -0.39 is 0 Å². The largest absolute Gasteiger partial charge is 0.358 e. The molecular formula is C16H22ClN3OS. The van der Waals surface area contributed by atoms with Gasteiger partial charge in [-0.1, -0.05) is 38.3 Å². The van der Waals surface area contributed by atoms with E-state index in [-0.39, 0.29) is 5.91 Å². The Morgan fingerprint density at radius 1 is 1.18 bits per heavy atom. The first kappa shape index (κ1) is 17.0. The molecule has 4 nitrogen and oxygen atoms in total. The van der Waals surface area contributed by atoms with Crippen molar-refractivity contribution in [2.45, 2.75) is 39.2 Å². The molecular weight excluding hydrogens is 318 g/mol. The molecule has 1 fully saturated rings. The molecule has 3 atom stereocenters. The Labute approximate surface area is 142 Å². The predicted molar refractivity (Wildman–Crippen MR) is 93.8 cm³/mol. The third-order valence-corrected chi connectivity index (χ3v) is 4.89. The van der Waals surface area contributed by atoms with Crippen LogP contribution in [0.1, 0.15) is 43.5 Å². The van der Waals surface area contributed by atoms with Crippen molar-refractivity contribution in [3.8, 4) is 0 Å². The molecule has 2 rings (SSSR count). The molecule has 3 N–H and O–H groups in total. The zero-order valence-electron chi connectivity index (χ0n) is 12.9. The number of hydrazine groups is 1. The van der Waals surface area contributed by atoms with Crippen LogP contribution >= 0.6 is 23.8 Å². The maximum absolute atomic E-state index is 12.0. The predicted octanol–water partition coefficient (Wildman–Crippen LogP) is 3.27. The van der Waals surface area contributed by atoms with Crippen LogP contribution in [0.4, 0.5) is 0 Å². The van der Waals surface area contributed by atoms with Gasteiger partial charge in [-0.15, -0.1) is 0 Å². The molecule has 1 aliphatic rings. The monoisotopic (exact) mass is 339 g/mol. The molecule has 0 heterocycles. The van der Waals surface area contributed by atoms with E-state index in [0.717, 1.165) is 6.42 Å². The second-order valence-electron chi connectivity index (χ2n) is 5.93. The van der Waals surface area contributed by atoms with Gasteiger partial charge in [-0.25, -0.2) is 0 Å². The first-order valence-electron chi connectivity index (χ1n) is 7.60. The third-order valence-electron chi connectivity index (χ3n) is 4.42. The van der Waals surface area contributed by atoms with E-state index >= 15 is 0 Å². The molecule has 22 heavy (non-hydrogen) atoms. The minimum Gasteiger partial charge on any atom is -0.358 e. The molecule has 1 aromatic rings. The molecule has 0 aromatic heterocycles. The number of carbonyl (C=O) groups excluding carboxylic acids is 1. The number of hydrogen-bond acceptors (Lipinski definition) is 2. The molecule has 0 saturated heterocycles. The van der Waals surface area contributed by atoms with E-state index in [2.05, 4.69) is 30.0 Å². The maximum Gasteiger partial charge on any atom is 0.269 e. The summed E-state index contributed by atoms with van der Waals surface area (Å²) in [4.78, 5) is 12.0. The minimum absolute atomic E-state index is 0.245. The van der Waals surface area contributed by atoms with E-state index in [1.54, 1.807) is 24.3 Å². The average molecular weight is 340 g/mol. The van der Waals surface area contributed by atoms with Gasteiger partial charge >= 0.3 is 0 Å². The first-order valence-corrected chi connectivity index (χ1v) is 8.38. The van der Waals surface area contributed by atoms with E-state index in [9.17, 15) is 4.79 Å². The highest BCUT2D eigenvalue weighted by Crippen LogP contribution is 2.29. The molecule has 0 spiro atoms. The van der Waals surface area contributed by atoms with Gasteiger partial charge in [0.15, 0.2) is 5.11 Å². The number of thiocarbonyl (C=S) groups is 1. The number of halogens is 1. The Morgan fingerprint density at radius 2 is 1.86 bits per heavy atom. The fourth-order valence-corrected chi connectivity index (χ4v) is 3.11. The fourth-order valence-electron chi connectivity index (χ4n) is 2.78. The average Bonchev–Trinajstić information content (AvgIpc) is 2.50. The minimum atomic E-state index is -0.245. The molecule has 1 saturated carbocycles. The smallest absolute Gasteiger partial charge is 0.269 e. The molecule has 0 unspecified atom stereocenters. The van der Waals surface area contributed by atoms with Gasteiger partial charge in [0.2, 0.25) is 0 Å². The van der Waals surface area contributed by atoms with Crippen molar-refractivity contribution >= 4 is 34.8 Å². The summed E-state index contributed by atoms with van der Waals surface area (Å²) >= 11 is 11.1. The van der Waals surface area contributed by atoms with Crippen LogP contribution in [0, 0.1) is 11.8 Å². The number of benzene rings is 1. The Balaban J connectivity index is 1.80. The van der Waals surface area contributed by atoms with Crippen LogP contribution in [0.3, 0.4) is 0 Å². The quantitative estimate of drug-likeness (QED) is 0.572. The Kier molecular flexibility index (Phi) is 6.03. The van der Waals surface area contributed by atoms with Crippen molar-refractivity contribution in [2.75, 3.05) is 0 Å².